The topological polar surface area (TPSA) is 69.7 Å². The molecule has 4 amide bonds. The van der Waals surface area contributed by atoms with Crippen molar-refractivity contribution in [1.82, 2.24) is 15.1 Å². The molecule has 0 unspecified atom stereocenters. The third-order valence-corrected chi connectivity index (χ3v) is 6.01. The summed E-state index contributed by atoms with van der Waals surface area (Å²) in [6.07, 6.45) is 11.2. The minimum absolute atomic E-state index is 0.139. The summed E-state index contributed by atoms with van der Waals surface area (Å²) in [7, 11) is 1.70. The van der Waals surface area contributed by atoms with Gasteiger partial charge in [-0.3, -0.25) is 14.5 Å². The van der Waals surface area contributed by atoms with Crippen LogP contribution in [0.5, 0.6) is 0 Å². The first-order valence-electron chi connectivity index (χ1n) is 9.44. The Balaban J connectivity index is 1.62. The molecule has 6 heteroatoms. The molecule has 3 fully saturated rings. The third kappa shape index (κ3) is 3.15. The van der Waals surface area contributed by atoms with Gasteiger partial charge in [0.05, 0.1) is 0 Å². The zero-order valence-corrected chi connectivity index (χ0v) is 14.7. The van der Waals surface area contributed by atoms with E-state index in [0.717, 1.165) is 62.7 Å². The first kappa shape index (κ1) is 17.2. The van der Waals surface area contributed by atoms with E-state index in [0.29, 0.717) is 0 Å². The van der Waals surface area contributed by atoms with E-state index in [1.807, 2.05) is 0 Å². The predicted molar refractivity (Wildman–Crippen MR) is 90.3 cm³/mol. The zero-order chi connectivity index (χ0) is 17.2. The van der Waals surface area contributed by atoms with Gasteiger partial charge in [0.15, 0.2) is 0 Å². The molecule has 1 heterocycles. The van der Waals surface area contributed by atoms with Crippen LogP contribution >= 0.6 is 0 Å². The van der Waals surface area contributed by atoms with E-state index < -0.39 is 5.54 Å². The van der Waals surface area contributed by atoms with Gasteiger partial charge in [-0.1, -0.05) is 44.9 Å². The molecule has 2 saturated carbocycles. The van der Waals surface area contributed by atoms with Crippen LogP contribution in [0.4, 0.5) is 4.79 Å². The first-order valence-corrected chi connectivity index (χ1v) is 9.44. The highest BCUT2D eigenvalue weighted by molar-refractivity contribution is 6.08. The number of nitrogens with one attached hydrogen (secondary N) is 1. The highest BCUT2D eigenvalue weighted by atomic mass is 16.2. The smallest absolute Gasteiger partial charge is 0.327 e. The number of imide groups is 1. The summed E-state index contributed by atoms with van der Waals surface area (Å²) in [5.41, 5.74) is -0.696. The average molecular weight is 335 g/mol. The standard InChI is InChI=1S/C18H29N3O3/c1-20-17(24)21(16(23)18(20)11-7-4-8-12-18)13-15(22)19-14-9-5-2-3-6-10-14/h14H,2-13H2,1H3,(H,19,22). The summed E-state index contributed by atoms with van der Waals surface area (Å²) in [6.45, 7) is -0.139. The van der Waals surface area contributed by atoms with Crippen molar-refractivity contribution in [3.05, 3.63) is 0 Å². The molecule has 134 valence electrons. The second kappa shape index (κ2) is 7.11. The van der Waals surface area contributed by atoms with Crippen molar-refractivity contribution in [3.63, 3.8) is 0 Å². The number of rotatable bonds is 3. The Kier molecular flexibility index (Phi) is 5.11. The van der Waals surface area contributed by atoms with E-state index in [4.69, 9.17) is 0 Å². The van der Waals surface area contributed by atoms with Crippen molar-refractivity contribution in [2.75, 3.05) is 13.6 Å². The monoisotopic (exact) mass is 335 g/mol. The maximum Gasteiger partial charge on any atom is 0.327 e. The van der Waals surface area contributed by atoms with E-state index >= 15 is 0 Å². The van der Waals surface area contributed by atoms with Gasteiger partial charge in [0.1, 0.15) is 12.1 Å². The molecule has 0 atom stereocenters. The van der Waals surface area contributed by atoms with Gasteiger partial charge in [-0.25, -0.2) is 4.79 Å². The highest BCUT2D eigenvalue weighted by Crippen LogP contribution is 2.39. The molecule has 3 aliphatic rings. The van der Waals surface area contributed by atoms with Gasteiger partial charge in [0.25, 0.3) is 5.91 Å². The Morgan fingerprint density at radius 3 is 2.25 bits per heavy atom. The molecule has 0 bridgehead atoms. The van der Waals surface area contributed by atoms with Gasteiger partial charge in [-0.15, -0.1) is 0 Å². The predicted octanol–water partition coefficient (Wildman–Crippen LogP) is 2.42. The lowest BCUT2D eigenvalue weighted by Crippen LogP contribution is -2.49. The maximum absolute atomic E-state index is 12.9. The molecule has 0 radical (unpaired) electrons. The fourth-order valence-electron chi connectivity index (χ4n) is 4.51. The highest BCUT2D eigenvalue weighted by Gasteiger charge is 2.55. The van der Waals surface area contributed by atoms with Crippen LogP contribution in [-0.2, 0) is 9.59 Å². The van der Waals surface area contributed by atoms with Gasteiger partial charge in [-0.2, -0.15) is 0 Å². The Hall–Kier alpha value is -1.59. The van der Waals surface area contributed by atoms with Crippen molar-refractivity contribution >= 4 is 17.8 Å². The van der Waals surface area contributed by atoms with Gasteiger partial charge < -0.3 is 10.2 Å². The molecule has 0 aromatic heterocycles. The molecular formula is C18H29N3O3. The van der Waals surface area contributed by atoms with Crippen LogP contribution in [0.25, 0.3) is 0 Å². The van der Waals surface area contributed by atoms with Crippen LogP contribution in [-0.4, -0.2) is 52.8 Å². The Labute approximate surface area is 143 Å². The normalized spacial score (nSPS) is 25.2. The van der Waals surface area contributed by atoms with E-state index in [2.05, 4.69) is 5.32 Å². The lowest BCUT2D eigenvalue weighted by atomic mass is 9.81. The average Bonchev–Trinajstić information content (AvgIpc) is 2.80. The molecular weight excluding hydrogens is 306 g/mol. The minimum Gasteiger partial charge on any atom is -0.352 e. The third-order valence-electron chi connectivity index (χ3n) is 6.01. The number of hydrogen-bond donors (Lipinski definition) is 1. The van der Waals surface area contributed by atoms with Gasteiger partial charge in [-0.05, 0) is 25.7 Å². The molecule has 1 aliphatic heterocycles. The molecule has 1 spiro atoms. The molecule has 6 nitrogen and oxygen atoms in total. The summed E-state index contributed by atoms with van der Waals surface area (Å²) in [5, 5.41) is 3.03. The molecule has 24 heavy (non-hydrogen) atoms. The van der Waals surface area contributed by atoms with Crippen LogP contribution in [0.3, 0.4) is 0 Å². The van der Waals surface area contributed by atoms with Gasteiger partial charge >= 0.3 is 6.03 Å². The molecule has 1 N–H and O–H groups in total. The van der Waals surface area contributed by atoms with Gasteiger partial charge in [0, 0.05) is 13.1 Å². The summed E-state index contributed by atoms with van der Waals surface area (Å²) in [6, 6.07) is -0.132. The van der Waals surface area contributed by atoms with Gasteiger partial charge in [0.2, 0.25) is 5.91 Å². The lowest BCUT2D eigenvalue weighted by molar-refractivity contribution is -0.137. The maximum atomic E-state index is 12.9. The van der Waals surface area contributed by atoms with Crippen LogP contribution in [0.2, 0.25) is 0 Å². The van der Waals surface area contributed by atoms with Crippen LogP contribution in [0, 0.1) is 0 Å². The molecule has 1 saturated heterocycles. The quantitative estimate of drug-likeness (QED) is 0.636. The van der Waals surface area contributed by atoms with Crippen molar-refractivity contribution < 1.29 is 14.4 Å². The van der Waals surface area contributed by atoms with Crippen molar-refractivity contribution in [1.29, 1.82) is 0 Å². The zero-order valence-electron chi connectivity index (χ0n) is 14.7. The summed E-state index contributed by atoms with van der Waals surface area (Å²) >= 11 is 0. The second-order valence-electron chi connectivity index (χ2n) is 7.58. The largest absolute Gasteiger partial charge is 0.352 e. The number of carbonyl (C=O) groups excluding carboxylic acids is 3. The van der Waals surface area contributed by atoms with E-state index in [9.17, 15) is 14.4 Å². The SMILES string of the molecule is CN1C(=O)N(CC(=O)NC2CCCCCC2)C(=O)C12CCCCC2. The molecule has 0 aromatic carbocycles. The summed E-state index contributed by atoms with van der Waals surface area (Å²) in [4.78, 5) is 40.5. The number of urea groups is 1. The number of amides is 4. The summed E-state index contributed by atoms with van der Waals surface area (Å²) in [5.74, 6) is -0.379. The fraction of sp³-hybridized carbons (Fsp3) is 0.833. The van der Waals surface area contributed by atoms with Crippen LogP contribution in [0.1, 0.15) is 70.6 Å². The van der Waals surface area contributed by atoms with E-state index in [1.54, 1.807) is 11.9 Å². The number of likely N-dealkylation sites (N-methyl/N-ethyl adjacent to an activating group) is 1. The molecule has 2 aliphatic carbocycles. The van der Waals surface area contributed by atoms with Crippen molar-refractivity contribution in [2.24, 2.45) is 0 Å². The number of nitrogens with zero attached hydrogens (tertiary/aromatic N) is 2. The number of carbonyl (C=O) groups is 3. The Morgan fingerprint density at radius 1 is 1.04 bits per heavy atom. The van der Waals surface area contributed by atoms with Crippen LogP contribution < -0.4 is 5.32 Å². The Morgan fingerprint density at radius 2 is 1.62 bits per heavy atom. The van der Waals surface area contributed by atoms with E-state index in [-0.39, 0.29) is 30.4 Å². The first-order chi connectivity index (χ1) is 11.5. The lowest BCUT2D eigenvalue weighted by Gasteiger charge is -2.35. The van der Waals surface area contributed by atoms with Crippen molar-refractivity contribution in [2.45, 2.75) is 82.2 Å². The van der Waals surface area contributed by atoms with Crippen LogP contribution in [0.15, 0.2) is 0 Å². The molecule has 3 rings (SSSR count). The number of hydrogen-bond acceptors (Lipinski definition) is 3. The van der Waals surface area contributed by atoms with E-state index in [1.165, 1.54) is 12.8 Å². The summed E-state index contributed by atoms with van der Waals surface area (Å²) < 4.78 is 0. The fourth-order valence-corrected chi connectivity index (χ4v) is 4.51. The Bertz CT molecular complexity index is 506. The minimum atomic E-state index is -0.696. The second-order valence-corrected chi connectivity index (χ2v) is 7.58. The van der Waals surface area contributed by atoms with Crippen molar-refractivity contribution in [3.8, 4) is 0 Å². The molecule has 0 aromatic rings.